The maximum atomic E-state index is 10.6. The van der Waals surface area contributed by atoms with Crippen molar-refractivity contribution >= 4 is 28.6 Å². The minimum Gasteiger partial charge on any atom is -0.414 e. The van der Waals surface area contributed by atoms with E-state index < -0.39 is 5.43 Å². The molecule has 0 aliphatic carbocycles. The summed E-state index contributed by atoms with van der Waals surface area (Å²) < 4.78 is 4.77. The zero-order valence-electron chi connectivity index (χ0n) is 8.80. The molecule has 0 heterocycles. The van der Waals surface area contributed by atoms with Gasteiger partial charge in [-0.1, -0.05) is 32.4 Å². The predicted molar refractivity (Wildman–Crippen MR) is 62.0 cm³/mol. The quantitative estimate of drug-likeness (QED) is 0.688. The molecule has 0 saturated heterocycles. The van der Waals surface area contributed by atoms with Crippen molar-refractivity contribution in [2.24, 2.45) is 0 Å². The van der Waals surface area contributed by atoms with Crippen LogP contribution in [0.25, 0.3) is 0 Å². The first-order valence-corrected chi connectivity index (χ1v) is 5.23. The van der Waals surface area contributed by atoms with Crippen LogP contribution in [-0.2, 0) is 5.41 Å². The van der Waals surface area contributed by atoms with E-state index in [1.807, 2.05) is 20.8 Å². The molecule has 82 valence electrons. The first kappa shape index (κ1) is 12.3. The summed E-state index contributed by atoms with van der Waals surface area (Å²) >= 11 is 11.2. The molecule has 1 rings (SSSR count). The molecule has 0 N–H and O–H groups in total. The first-order valence-electron chi connectivity index (χ1n) is 4.48. The molecule has 0 aromatic heterocycles. The van der Waals surface area contributed by atoms with E-state index >= 15 is 0 Å². The van der Waals surface area contributed by atoms with E-state index in [9.17, 15) is 4.79 Å². The van der Waals surface area contributed by atoms with E-state index in [1.54, 1.807) is 18.2 Å². The van der Waals surface area contributed by atoms with Gasteiger partial charge in [0.15, 0.2) is 0 Å². The maximum absolute atomic E-state index is 10.6. The van der Waals surface area contributed by atoms with Gasteiger partial charge < -0.3 is 4.74 Å². The molecule has 0 spiro atoms. The normalized spacial score (nSPS) is 11.3. The van der Waals surface area contributed by atoms with Gasteiger partial charge in [0.1, 0.15) is 5.75 Å². The topological polar surface area (TPSA) is 26.3 Å². The van der Waals surface area contributed by atoms with E-state index in [0.717, 1.165) is 5.56 Å². The van der Waals surface area contributed by atoms with E-state index in [1.165, 1.54) is 0 Å². The second-order valence-electron chi connectivity index (χ2n) is 4.23. The minimum atomic E-state index is -0.850. The van der Waals surface area contributed by atoms with Crippen molar-refractivity contribution in [3.8, 4) is 5.75 Å². The van der Waals surface area contributed by atoms with Gasteiger partial charge in [0.2, 0.25) is 0 Å². The molecule has 0 saturated carbocycles. The van der Waals surface area contributed by atoms with Crippen molar-refractivity contribution in [1.29, 1.82) is 0 Å². The van der Waals surface area contributed by atoms with Crippen molar-refractivity contribution in [2.75, 3.05) is 0 Å². The highest BCUT2D eigenvalue weighted by Gasteiger charge is 2.18. The molecule has 0 aliphatic heterocycles. The lowest BCUT2D eigenvalue weighted by molar-refractivity contribution is 0.225. The Hall–Kier alpha value is -0.730. The van der Waals surface area contributed by atoms with E-state index in [-0.39, 0.29) is 5.41 Å². The summed E-state index contributed by atoms with van der Waals surface area (Å²) in [4.78, 5) is 10.6. The SMILES string of the molecule is CC(C)(C)c1cc(OC(=O)Cl)ccc1Cl. The Morgan fingerprint density at radius 1 is 1.33 bits per heavy atom. The largest absolute Gasteiger partial charge is 0.414 e. The van der Waals surface area contributed by atoms with Crippen molar-refractivity contribution in [3.63, 3.8) is 0 Å². The number of benzene rings is 1. The Kier molecular flexibility index (Phi) is 3.63. The molecule has 1 aromatic carbocycles. The summed E-state index contributed by atoms with van der Waals surface area (Å²) in [6.45, 7) is 6.08. The Morgan fingerprint density at radius 3 is 2.40 bits per heavy atom. The van der Waals surface area contributed by atoms with Crippen molar-refractivity contribution in [3.05, 3.63) is 28.8 Å². The molecular formula is C11H12Cl2O2. The monoisotopic (exact) mass is 246 g/mol. The smallest absolute Gasteiger partial charge is 0.409 e. The van der Waals surface area contributed by atoms with Crippen LogP contribution in [0.15, 0.2) is 18.2 Å². The lowest BCUT2D eigenvalue weighted by atomic mass is 9.87. The van der Waals surface area contributed by atoms with E-state index in [0.29, 0.717) is 10.8 Å². The Labute approximate surface area is 99.1 Å². The van der Waals surface area contributed by atoms with Gasteiger partial charge in [0.25, 0.3) is 0 Å². The number of rotatable bonds is 1. The van der Waals surface area contributed by atoms with Crippen molar-refractivity contribution in [2.45, 2.75) is 26.2 Å². The van der Waals surface area contributed by atoms with Crippen LogP contribution in [0.1, 0.15) is 26.3 Å². The second-order valence-corrected chi connectivity index (χ2v) is 4.95. The van der Waals surface area contributed by atoms with Gasteiger partial charge in [-0.3, -0.25) is 0 Å². The summed E-state index contributed by atoms with van der Waals surface area (Å²) in [7, 11) is 0. The molecule has 0 amide bonds. The third-order valence-corrected chi connectivity index (χ3v) is 2.35. The van der Waals surface area contributed by atoms with Gasteiger partial charge in [-0.25, -0.2) is 4.79 Å². The molecule has 0 fully saturated rings. The second kappa shape index (κ2) is 4.42. The zero-order valence-corrected chi connectivity index (χ0v) is 10.3. The fraction of sp³-hybridized carbons (Fsp3) is 0.364. The average Bonchev–Trinajstić information content (AvgIpc) is 2.05. The van der Waals surface area contributed by atoms with Crippen LogP contribution in [0, 0.1) is 0 Å². The van der Waals surface area contributed by atoms with Crippen LogP contribution in [0.5, 0.6) is 5.75 Å². The Balaban J connectivity index is 3.11. The number of carbonyl (C=O) groups excluding carboxylic acids is 1. The number of ether oxygens (including phenoxy) is 1. The van der Waals surface area contributed by atoms with Crippen LogP contribution in [-0.4, -0.2) is 5.43 Å². The van der Waals surface area contributed by atoms with Crippen LogP contribution in [0.3, 0.4) is 0 Å². The lowest BCUT2D eigenvalue weighted by Crippen LogP contribution is -2.12. The highest BCUT2D eigenvalue weighted by molar-refractivity contribution is 6.61. The summed E-state index contributed by atoms with van der Waals surface area (Å²) in [5.74, 6) is 0.407. The maximum Gasteiger partial charge on any atom is 0.409 e. The van der Waals surface area contributed by atoms with Gasteiger partial charge in [-0.05, 0) is 29.2 Å². The third kappa shape index (κ3) is 3.40. The van der Waals surface area contributed by atoms with Crippen molar-refractivity contribution < 1.29 is 9.53 Å². The van der Waals surface area contributed by atoms with Crippen molar-refractivity contribution in [1.82, 2.24) is 0 Å². The Morgan fingerprint density at radius 2 is 1.93 bits per heavy atom. The molecule has 0 radical (unpaired) electrons. The van der Waals surface area contributed by atoms with Crippen LogP contribution in [0.4, 0.5) is 4.79 Å². The fourth-order valence-corrected chi connectivity index (χ4v) is 1.73. The molecule has 0 atom stereocenters. The van der Waals surface area contributed by atoms with Gasteiger partial charge in [0.05, 0.1) is 0 Å². The molecule has 15 heavy (non-hydrogen) atoms. The van der Waals surface area contributed by atoms with Crippen LogP contribution in [0.2, 0.25) is 5.02 Å². The van der Waals surface area contributed by atoms with Crippen LogP contribution >= 0.6 is 23.2 Å². The number of carbonyl (C=O) groups is 1. The zero-order chi connectivity index (χ0) is 11.6. The third-order valence-electron chi connectivity index (χ3n) is 1.94. The Bertz CT molecular complexity index is 381. The molecule has 4 heteroatoms. The van der Waals surface area contributed by atoms with E-state index in [4.69, 9.17) is 27.9 Å². The highest BCUT2D eigenvalue weighted by atomic mass is 35.5. The fourth-order valence-electron chi connectivity index (χ4n) is 1.24. The number of hydrogen-bond donors (Lipinski definition) is 0. The van der Waals surface area contributed by atoms with Gasteiger partial charge in [-0.2, -0.15) is 0 Å². The summed E-state index contributed by atoms with van der Waals surface area (Å²) in [6.07, 6.45) is 0. The number of hydrogen-bond acceptors (Lipinski definition) is 2. The molecule has 0 aliphatic rings. The average molecular weight is 247 g/mol. The van der Waals surface area contributed by atoms with Crippen LogP contribution < -0.4 is 4.74 Å². The molecular weight excluding hydrogens is 235 g/mol. The molecule has 0 unspecified atom stereocenters. The summed E-state index contributed by atoms with van der Waals surface area (Å²) in [5.41, 5.74) is -0.0389. The molecule has 2 nitrogen and oxygen atoms in total. The van der Waals surface area contributed by atoms with E-state index in [2.05, 4.69) is 0 Å². The van der Waals surface area contributed by atoms with Gasteiger partial charge >= 0.3 is 5.43 Å². The number of halogens is 2. The molecule has 1 aromatic rings. The molecule has 0 bridgehead atoms. The van der Waals surface area contributed by atoms with Gasteiger partial charge in [0, 0.05) is 16.6 Å². The lowest BCUT2D eigenvalue weighted by Gasteiger charge is -2.21. The minimum absolute atomic E-state index is 0.105. The predicted octanol–water partition coefficient (Wildman–Crippen LogP) is 4.38. The highest BCUT2D eigenvalue weighted by Crippen LogP contribution is 2.32. The summed E-state index contributed by atoms with van der Waals surface area (Å²) in [6, 6.07) is 5.03. The first-order chi connectivity index (χ1) is 6.80. The standard InChI is InChI=1S/C11H12Cl2O2/c1-11(2,3)8-6-7(15-10(13)14)4-5-9(8)12/h4-6H,1-3H3. The van der Waals surface area contributed by atoms with Gasteiger partial charge in [-0.15, -0.1) is 0 Å². The summed E-state index contributed by atoms with van der Waals surface area (Å²) in [5, 5.41) is 0.650.